The summed E-state index contributed by atoms with van der Waals surface area (Å²) in [5.41, 5.74) is 0. The number of ether oxygens (including phenoxy) is 1. The zero-order valence-electron chi connectivity index (χ0n) is 14.5. The Bertz CT molecular complexity index is 978. The topological polar surface area (TPSA) is 65.4 Å². The first-order valence-corrected chi connectivity index (χ1v) is 9.79. The number of hydrogen-bond donors (Lipinski definition) is 0. The highest BCUT2D eigenvalue weighted by Crippen LogP contribution is 2.28. The molecule has 0 atom stereocenters. The summed E-state index contributed by atoms with van der Waals surface area (Å²) >= 11 is 13.2. The molecule has 0 unspecified atom stereocenters. The number of furan rings is 1. The molecule has 0 saturated heterocycles. The van der Waals surface area contributed by atoms with Crippen LogP contribution >= 0.6 is 35.0 Å². The summed E-state index contributed by atoms with van der Waals surface area (Å²) in [4.78, 5) is 0. The van der Waals surface area contributed by atoms with Crippen LogP contribution in [0.3, 0.4) is 0 Å². The first kappa shape index (κ1) is 20.6. The molecular weight excluding hydrogens is 433 g/mol. The van der Waals surface area contributed by atoms with Gasteiger partial charge in [-0.25, -0.2) is 8.78 Å². The third-order valence-electron chi connectivity index (χ3n) is 3.35. The van der Waals surface area contributed by atoms with Crippen molar-refractivity contribution in [3.63, 3.8) is 0 Å². The Balaban J connectivity index is 1.70. The molecule has 28 heavy (non-hydrogen) atoms. The molecule has 2 aromatic heterocycles. The summed E-state index contributed by atoms with van der Waals surface area (Å²) in [6.45, 7) is 2.00. The lowest BCUT2D eigenvalue weighted by Gasteiger charge is -2.06. The van der Waals surface area contributed by atoms with Crippen LogP contribution in [0.1, 0.15) is 30.7 Å². The minimum atomic E-state index is -2.79. The maximum Gasteiger partial charge on any atom is 0.299 e. The van der Waals surface area contributed by atoms with E-state index in [4.69, 9.17) is 32.4 Å². The Morgan fingerprint density at radius 2 is 2.11 bits per heavy atom. The number of rotatable bonds is 8. The second kappa shape index (κ2) is 9.40. The van der Waals surface area contributed by atoms with E-state index in [1.807, 2.05) is 6.92 Å². The third-order valence-corrected chi connectivity index (χ3v) is 4.68. The largest absolute Gasteiger partial charge is 0.484 e. The highest BCUT2D eigenvalue weighted by atomic mass is 35.5. The van der Waals surface area contributed by atoms with Crippen LogP contribution in [0.5, 0.6) is 5.75 Å². The molecule has 0 N–H and O–H groups in total. The van der Waals surface area contributed by atoms with E-state index in [1.54, 1.807) is 30.3 Å². The van der Waals surface area contributed by atoms with Gasteiger partial charge >= 0.3 is 0 Å². The summed E-state index contributed by atoms with van der Waals surface area (Å²) in [5, 5.41) is 12.4. The van der Waals surface area contributed by atoms with E-state index < -0.39 is 12.2 Å². The van der Waals surface area contributed by atoms with Crippen molar-refractivity contribution in [1.82, 2.24) is 14.9 Å². The van der Waals surface area contributed by atoms with Gasteiger partial charge in [-0.1, -0.05) is 41.9 Å². The molecule has 148 valence electrons. The standard InChI is InChI=1S/C17H14Cl2F2N4O2S/c1-2-28-17-24-23-16(15(20)21)25(17)22-8-11-4-5-12(27-11)9-26-14-6-3-10(18)7-13(14)19/h3-8,15H,2,9H2,1H3. The third kappa shape index (κ3) is 5.03. The number of benzene rings is 1. The molecule has 11 heteroatoms. The van der Waals surface area contributed by atoms with Crippen LogP contribution in [0.15, 0.2) is 45.0 Å². The molecular formula is C17H14Cl2F2N4O2S. The van der Waals surface area contributed by atoms with Gasteiger partial charge in [-0.05, 0) is 36.1 Å². The molecule has 0 spiro atoms. The van der Waals surface area contributed by atoms with Gasteiger partial charge in [0.05, 0.1) is 11.2 Å². The van der Waals surface area contributed by atoms with Crippen LogP contribution in [0, 0.1) is 0 Å². The molecule has 6 nitrogen and oxygen atoms in total. The smallest absolute Gasteiger partial charge is 0.299 e. The van der Waals surface area contributed by atoms with Crippen molar-refractivity contribution >= 4 is 41.2 Å². The van der Waals surface area contributed by atoms with Crippen LogP contribution in [0.2, 0.25) is 10.0 Å². The van der Waals surface area contributed by atoms with E-state index in [0.717, 1.165) is 4.68 Å². The van der Waals surface area contributed by atoms with Crippen molar-refractivity contribution in [3.05, 3.63) is 57.7 Å². The quantitative estimate of drug-likeness (QED) is 0.328. The number of alkyl halides is 2. The summed E-state index contributed by atoms with van der Waals surface area (Å²) in [7, 11) is 0. The van der Waals surface area contributed by atoms with E-state index >= 15 is 0 Å². The highest BCUT2D eigenvalue weighted by Gasteiger charge is 2.20. The Labute approximate surface area is 173 Å². The average molecular weight is 447 g/mol. The van der Waals surface area contributed by atoms with Gasteiger partial charge in [0.15, 0.2) is 0 Å². The molecule has 0 radical (unpaired) electrons. The van der Waals surface area contributed by atoms with E-state index in [1.165, 1.54) is 18.0 Å². The monoisotopic (exact) mass is 446 g/mol. The van der Waals surface area contributed by atoms with Crippen LogP contribution < -0.4 is 4.74 Å². The maximum atomic E-state index is 13.1. The number of hydrogen-bond acceptors (Lipinski definition) is 6. The first-order valence-electron chi connectivity index (χ1n) is 8.05. The van der Waals surface area contributed by atoms with Crippen LogP contribution in [-0.4, -0.2) is 26.8 Å². The van der Waals surface area contributed by atoms with Crippen LogP contribution in [-0.2, 0) is 6.61 Å². The fraction of sp³-hybridized carbons (Fsp3) is 0.235. The summed E-state index contributed by atoms with van der Waals surface area (Å²) < 4.78 is 38.3. The Morgan fingerprint density at radius 1 is 1.29 bits per heavy atom. The number of halogens is 4. The highest BCUT2D eigenvalue weighted by molar-refractivity contribution is 7.99. The van der Waals surface area contributed by atoms with Gasteiger partial charge in [0.25, 0.3) is 6.43 Å². The molecule has 0 aliphatic carbocycles. The number of aromatic nitrogens is 3. The Morgan fingerprint density at radius 3 is 2.82 bits per heavy atom. The van der Waals surface area contributed by atoms with E-state index in [2.05, 4.69) is 15.3 Å². The molecule has 0 amide bonds. The SMILES string of the molecule is CCSc1nnc(C(F)F)n1N=Cc1ccc(COc2ccc(Cl)cc2Cl)o1. The first-order chi connectivity index (χ1) is 13.5. The van der Waals surface area contributed by atoms with Crippen molar-refractivity contribution in [2.24, 2.45) is 5.10 Å². The average Bonchev–Trinajstić information content (AvgIpc) is 3.26. The van der Waals surface area contributed by atoms with Gasteiger partial charge in [-0.15, -0.1) is 10.2 Å². The van der Waals surface area contributed by atoms with Crippen molar-refractivity contribution in [3.8, 4) is 5.75 Å². The molecule has 0 bridgehead atoms. The lowest BCUT2D eigenvalue weighted by molar-refractivity contribution is 0.135. The van der Waals surface area contributed by atoms with E-state index in [0.29, 0.717) is 33.1 Å². The second-order valence-corrected chi connectivity index (χ2v) is 7.37. The molecule has 0 aliphatic heterocycles. The van der Waals surface area contributed by atoms with Crippen LogP contribution in [0.4, 0.5) is 8.78 Å². The van der Waals surface area contributed by atoms with Gasteiger partial charge in [0.2, 0.25) is 11.0 Å². The number of nitrogens with zero attached hydrogens (tertiary/aromatic N) is 4. The summed E-state index contributed by atoms with van der Waals surface area (Å²) in [5.74, 6) is 1.45. The normalized spacial score (nSPS) is 11.6. The summed E-state index contributed by atoms with van der Waals surface area (Å²) in [6, 6.07) is 8.22. The van der Waals surface area contributed by atoms with Crippen molar-refractivity contribution < 1.29 is 17.9 Å². The van der Waals surface area contributed by atoms with Gasteiger partial charge in [-0.3, -0.25) is 0 Å². The lowest BCUT2D eigenvalue weighted by Crippen LogP contribution is -2.00. The van der Waals surface area contributed by atoms with E-state index in [-0.39, 0.29) is 11.8 Å². The van der Waals surface area contributed by atoms with E-state index in [9.17, 15) is 8.78 Å². The molecule has 3 rings (SSSR count). The Hall–Kier alpha value is -2.10. The second-order valence-electron chi connectivity index (χ2n) is 5.30. The van der Waals surface area contributed by atoms with Gasteiger partial charge in [0, 0.05) is 5.02 Å². The molecule has 3 aromatic rings. The molecule has 0 saturated carbocycles. The fourth-order valence-electron chi connectivity index (χ4n) is 2.14. The fourth-order valence-corrected chi connectivity index (χ4v) is 3.22. The van der Waals surface area contributed by atoms with Gasteiger partial charge in [0.1, 0.15) is 23.9 Å². The predicted octanol–water partition coefficient (Wildman–Crippen LogP) is 5.69. The minimum Gasteiger partial charge on any atom is -0.484 e. The van der Waals surface area contributed by atoms with Crippen LogP contribution in [0.25, 0.3) is 0 Å². The predicted molar refractivity (Wildman–Crippen MR) is 104 cm³/mol. The lowest BCUT2D eigenvalue weighted by atomic mass is 10.3. The van der Waals surface area contributed by atoms with Crippen molar-refractivity contribution in [1.29, 1.82) is 0 Å². The molecule has 0 aliphatic rings. The molecule has 1 aromatic carbocycles. The zero-order chi connectivity index (χ0) is 20.1. The minimum absolute atomic E-state index is 0.126. The zero-order valence-corrected chi connectivity index (χ0v) is 16.8. The summed E-state index contributed by atoms with van der Waals surface area (Å²) in [6.07, 6.45) is -1.48. The molecule has 0 fully saturated rings. The van der Waals surface area contributed by atoms with Gasteiger partial charge in [-0.2, -0.15) is 9.78 Å². The number of thioether (sulfide) groups is 1. The molecule has 2 heterocycles. The maximum absolute atomic E-state index is 13.1. The van der Waals surface area contributed by atoms with Crippen molar-refractivity contribution in [2.45, 2.75) is 25.1 Å². The van der Waals surface area contributed by atoms with Crippen molar-refractivity contribution in [2.75, 3.05) is 5.75 Å². The van der Waals surface area contributed by atoms with Gasteiger partial charge < -0.3 is 9.15 Å². The Kier molecular flexibility index (Phi) is 6.93.